The Hall–Kier alpha value is -3.17. The van der Waals surface area contributed by atoms with Gasteiger partial charge in [-0.1, -0.05) is 72.3 Å². The summed E-state index contributed by atoms with van der Waals surface area (Å²) in [5.41, 5.74) is 8.50. The van der Waals surface area contributed by atoms with Gasteiger partial charge in [0.2, 0.25) is 0 Å². The van der Waals surface area contributed by atoms with Crippen LogP contribution in [0.4, 0.5) is 0 Å². The molecule has 2 aliphatic rings. The van der Waals surface area contributed by atoms with Gasteiger partial charge in [-0.15, -0.1) is 0 Å². The molecule has 158 valence electrons. The fourth-order valence-corrected chi connectivity index (χ4v) is 4.14. The first kappa shape index (κ1) is 21.1. The van der Waals surface area contributed by atoms with Gasteiger partial charge in [0.15, 0.2) is 0 Å². The average Bonchev–Trinajstić information content (AvgIpc) is 3.16. The Labute approximate surface area is 185 Å². The van der Waals surface area contributed by atoms with Gasteiger partial charge >= 0.3 is 0 Å². The zero-order valence-corrected chi connectivity index (χ0v) is 18.6. The second kappa shape index (κ2) is 9.32. The summed E-state index contributed by atoms with van der Waals surface area (Å²) < 4.78 is 0. The van der Waals surface area contributed by atoms with Gasteiger partial charge in [-0.25, -0.2) is 0 Å². The van der Waals surface area contributed by atoms with Gasteiger partial charge in [0.1, 0.15) is 0 Å². The first-order valence-electron chi connectivity index (χ1n) is 10.9. The van der Waals surface area contributed by atoms with Crippen LogP contribution in [0.5, 0.6) is 0 Å². The van der Waals surface area contributed by atoms with E-state index >= 15 is 0 Å². The number of amides is 1. The molecule has 1 N–H and O–H groups in total. The van der Waals surface area contributed by atoms with Crippen LogP contribution in [0.15, 0.2) is 90.1 Å². The Kier molecular flexibility index (Phi) is 6.34. The number of hydrogen-bond donors (Lipinski definition) is 1. The smallest absolute Gasteiger partial charge is 0.251 e. The number of nitrogens with zero attached hydrogens (tertiary/aromatic N) is 1. The Morgan fingerprint density at radius 2 is 1.90 bits per heavy atom. The highest BCUT2D eigenvalue weighted by atomic mass is 16.1. The van der Waals surface area contributed by atoms with Crippen molar-refractivity contribution in [3.63, 3.8) is 0 Å². The van der Waals surface area contributed by atoms with E-state index in [2.05, 4.69) is 83.9 Å². The fourth-order valence-electron chi connectivity index (χ4n) is 4.14. The van der Waals surface area contributed by atoms with Crippen molar-refractivity contribution >= 4 is 11.5 Å². The van der Waals surface area contributed by atoms with Crippen molar-refractivity contribution < 1.29 is 4.79 Å². The maximum Gasteiger partial charge on any atom is 0.251 e. The van der Waals surface area contributed by atoms with Gasteiger partial charge in [0.05, 0.1) is 0 Å². The summed E-state index contributed by atoms with van der Waals surface area (Å²) in [6.45, 7) is 3.63. The zero-order valence-electron chi connectivity index (χ0n) is 18.6. The molecule has 0 saturated heterocycles. The van der Waals surface area contributed by atoms with Crippen LogP contribution in [0, 0.1) is 12.8 Å². The van der Waals surface area contributed by atoms with Crippen LogP contribution in [0.3, 0.4) is 0 Å². The normalized spacial score (nSPS) is 17.2. The second-order valence-corrected chi connectivity index (χ2v) is 8.63. The quantitative estimate of drug-likeness (QED) is 0.699. The molecular weight excluding hydrogens is 380 g/mol. The summed E-state index contributed by atoms with van der Waals surface area (Å²) in [4.78, 5) is 14.3. The first-order valence-corrected chi connectivity index (χ1v) is 10.9. The predicted molar refractivity (Wildman–Crippen MR) is 129 cm³/mol. The SMILES string of the molecule is Cc1cccc(C2=CC=CC3C=C(Cc4ccc(C(=O)NCCN(C)C)cc4)C=C23)c1. The monoisotopic (exact) mass is 410 g/mol. The van der Waals surface area contributed by atoms with Crippen LogP contribution in [0.2, 0.25) is 0 Å². The van der Waals surface area contributed by atoms with Crippen molar-refractivity contribution in [3.8, 4) is 0 Å². The predicted octanol–water partition coefficient (Wildman–Crippen LogP) is 4.96. The van der Waals surface area contributed by atoms with Gasteiger partial charge in [-0.2, -0.15) is 0 Å². The van der Waals surface area contributed by atoms with E-state index in [0.29, 0.717) is 18.0 Å². The Morgan fingerprint density at radius 1 is 1.10 bits per heavy atom. The maximum atomic E-state index is 12.3. The molecule has 0 aliphatic heterocycles. The van der Waals surface area contributed by atoms with E-state index in [4.69, 9.17) is 0 Å². The molecule has 1 atom stereocenters. The van der Waals surface area contributed by atoms with E-state index in [1.54, 1.807) is 0 Å². The van der Waals surface area contributed by atoms with Crippen LogP contribution in [0.25, 0.3) is 5.57 Å². The number of rotatable bonds is 7. The Morgan fingerprint density at radius 3 is 2.65 bits per heavy atom. The summed E-state index contributed by atoms with van der Waals surface area (Å²) >= 11 is 0. The number of carbonyl (C=O) groups is 1. The molecule has 31 heavy (non-hydrogen) atoms. The van der Waals surface area contributed by atoms with Crippen molar-refractivity contribution in [1.29, 1.82) is 0 Å². The minimum absolute atomic E-state index is 0.0142. The van der Waals surface area contributed by atoms with Crippen molar-refractivity contribution in [2.24, 2.45) is 5.92 Å². The van der Waals surface area contributed by atoms with E-state index in [9.17, 15) is 4.79 Å². The Bertz CT molecular complexity index is 1080. The van der Waals surface area contributed by atoms with Crippen molar-refractivity contribution in [2.75, 3.05) is 27.2 Å². The summed E-state index contributed by atoms with van der Waals surface area (Å²) in [5, 5.41) is 2.97. The van der Waals surface area contributed by atoms with E-state index in [1.807, 2.05) is 26.2 Å². The topological polar surface area (TPSA) is 32.3 Å². The molecule has 1 unspecified atom stereocenters. The number of carbonyl (C=O) groups excluding carboxylic acids is 1. The number of nitrogens with one attached hydrogen (secondary N) is 1. The van der Waals surface area contributed by atoms with Gasteiger partial charge in [-0.05, 0) is 67.4 Å². The van der Waals surface area contributed by atoms with E-state index < -0.39 is 0 Å². The van der Waals surface area contributed by atoms with Crippen molar-refractivity contribution in [3.05, 3.63) is 112 Å². The zero-order chi connectivity index (χ0) is 21.8. The average molecular weight is 411 g/mol. The highest BCUT2D eigenvalue weighted by Gasteiger charge is 2.23. The molecule has 0 radical (unpaired) electrons. The molecule has 1 amide bonds. The van der Waals surface area contributed by atoms with Crippen molar-refractivity contribution in [1.82, 2.24) is 10.2 Å². The van der Waals surface area contributed by atoms with Gasteiger partial charge in [-0.3, -0.25) is 4.79 Å². The molecule has 4 rings (SSSR count). The molecule has 0 bridgehead atoms. The number of aryl methyl sites for hydroxylation is 1. The fraction of sp³-hybridized carbons (Fsp3) is 0.250. The molecule has 0 fully saturated rings. The lowest BCUT2D eigenvalue weighted by molar-refractivity contribution is 0.0951. The summed E-state index contributed by atoms with van der Waals surface area (Å²) in [6, 6.07) is 16.7. The number of benzene rings is 2. The number of fused-ring (bicyclic) bond motifs is 1. The van der Waals surface area contributed by atoms with Crippen LogP contribution in [0.1, 0.15) is 27.0 Å². The van der Waals surface area contributed by atoms with E-state index in [-0.39, 0.29) is 5.91 Å². The third kappa shape index (κ3) is 5.12. The third-order valence-corrected chi connectivity index (χ3v) is 5.78. The highest BCUT2D eigenvalue weighted by molar-refractivity contribution is 5.94. The minimum Gasteiger partial charge on any atom is -0.351 e. The van der Waals surface area contributed by atoms with Crippen LogP contribution in [-0.2, 0) is 6.42 Å². The van der Waals surface area contributed by atoms with Gasteiger partial charge in [0.25, 0.3) is 5.91 Å². The molecule has 2 aliphatic carbocycles. The molecular formula is C28H30N2O. The molecule has 0 aromatic heterocycles. The summed E-state index contributed by atoms with van der Waals surface area (Å²) in [7, 11) is 4.00. The minimum atomic E-state index is -0.0142. The largest absolute Gasteiger partial charge is 0.351 e. The standard InChI is InChI=1S/C28H30N2O/c1-20-6-4-7-24(16-20)26-9-5-8-25-18-22(19-27(25)26)17-21-10-12-23(13-11-21)28(31)29-14-15-30(2)3/h4-13,16,18-19,25H,14-15,17H2,1-3H3,(H,29,31). The highest BCUT2D eigenvalue weighted by Crippen LogP contribution is 2.39. The molecule has 3 nitrogen and oxygen atoms in total. The summed E-state index contributed by atoms with van der Waals surface area (Å²) in [5.74, 6) is 0.331. The lowest BCUT2D eigenvalue weighted by Crippen LogP contribution is -2.31. The van der Waals surface area contributed by atoms with Crippen LogP contribution >= 0.6 is 0 Å². The second-order valence-electron chi connectivity index (χ2n) is 8.63. The van der Waals surface area contributed by atoms with Gasteiger partial charge in [0, 0.05) is 24.6 Å². The molecule has 2 aromatic rings. The molecule has 3 heteroatoms. The van der Waals surface area contributed by atoms with Crippen LogP contribution < -0.4 is 5.32 Å². The summed E-state index contributed by atoms with van der Waals surface area (Å²) in [6.07, 6.45) is 12.2. The number of hydrogen-bond acceptors (Lipinski definition) is 2. The lowest BCUT2D eigenvalue weighted by atomic mass is 9.86. The third-order valence-electron chi connectivity index (χ3n) is 5.78. The maximum absolute atomic E-state index is 12.3. The Balaban J connectivity index is 1.43. The van der Waals surface area contributed by atoms with E-state index in [0.717, 1.165) is 13.0 Å². The van der Waals surface area contributed by atoms with Gasteiger partial charge < -0.3 is 10.2 Å². The lowest BCUT2D eigenvalue weighted by Gasteiger charge is -2.18. The molecule has 0 heterocycles. The van der Waals surface area contributed by atoms with E-state index in [1.165, 1.54) is 33.4 Å². The molecule has 0 saturated carbocycles. The first-order chi connectivity index (χ1) is 15.0. The molecule has 0 spiro atoms. The van der Waals surface area contributed by atoms with Crippen LogP contribution in [-0.4, -0.2) is 38.0 Å². The number of likely N-dealkylation sites (N-methyl/N-ethyl adjacent to an activating group) is 1. The van der Waals surface area contributed by atoms with Crippen molar-refractivity contribution in [2.45, 2.75) is 13.3 Å². The number of allylic oxidation sites excluding steroid dienone is 8. The molecule has 2 aromatic carbocycles.